The van der Waals surface area contributed by atoms with Gasteiger partial charge in [-0.25, -0.2) is 0 Å². The van der Waals surface area contributed by atoms with Crippen molar-refractivity contribution in [2.75, 3.05) is 6.54 Å². The van der Waals surface area contributed by atoms with E-state index >= 15 is 0 Å². The standard InChI is InChI=1S/C5H4Cl2N2O2/c6-4-1-2-5(7,3-8-4)9(10)11/h1-2H,3H2. The molecular weight excluding hydrogens is 191 g/mol. The first-order valence-corrected chi connectivity index (χ1v) is 3.53. The molecule has 6 heteroatoms. The van der Waals surface area contributed by atoms with Crippen LogP contribution in [0.15, 0.2) is 17.1 Å². The molecule has 0 spiro atoms. The number of alkyl halides is 1. The van der Waals surface area contributed by atoms with E-state index in [1.165, 1.54) is 12.2 Å². The fourth-order valence-electron chi connectivity index (χ4n) is 0.607. The topological polar surface area (TPSA) is 55.5 Å². The molecule has 1 aliphatic heterocycles. The van der Waals surface area contributed by atoms with Crippen molar-refractivity contribution < 1.29 is 4.92 Å². The summed E-state index contributed by atoms with van der Waals surface area (Å²) in [7, 11) is 0. The average molecular weight is 195 g/mol. The molecule has 0 aromatic carbocycles. The number of allylic oxidation sites excluding steroid dienone is 1. The average Bonchev–Trinajstić information content (AvgIpc) is 1.95. The Hall–Kier alpha value is -0.610. The number of nitrogens with zero attached hydrogens (tertiary/aromatic N) is 2. The van der Waals surface area contributed by atoms with Gasteiger partial charge in [-0.3, -0.25) is 15.1 Å². The molecule has 0 aromatic rings. The molecule has 0 N–H and O–H groups in total. The van der Waals surface area contributed by atoms with E-state index in [-0.39, 0.29) is 11.7 Å². The van der Waals surface area contributed by atoms with E-state index in [4.69, 9.17) is 23.2 Å². The summed E-state index contributed by atoms with van der Waals surface area (Å²) in [4.78, 5) is 11.7. The van der Waals surface area contributed by atoms with Crippen LogP contribution >= 0.6 is 23.2 Å². The van der Waals surface area contributed by atoms with E-state index < -0.39 is 9.92 Å². The third-order valence-corrected chi connectivity index (χ3v) is 1.86. The Balaban J connectivity index is 2.82. The Labute approximate surface area is 72.7 Å². The van der Waals surface area contributed by atoms with Gasteiger partial charge in [0.15, 0.2) is 0 Å². The highest BCUT2D eigenvalue weighted by molar-refractivity contribution is 6.68. The van der Waals surface area contributed by atoms with Gasteiger partial charge in [-0.2, -0.15) is 0 Å². The molecule has 0 aromatic heterocycles. The van der Waals surface area contributed by atoms with Gasteiger partial charge in [0.1, 0.15) is 11.7 Å². The largest absolute Gasteiger partial charge is 0.333 e. The molecule has 0 saturated heterocycles. The van der Waals surface area contributed by atoms with Crippen molar-refractivity contribution in [2.24, 2.45) is 4.99 Å². The maximum atomic E-state index is 10.3. The second-order valence-electron chi connectivity index (χ2n) is 2.05. The molecule has 1 heterocycles. The van der Waals surface area contributed by atoms with Crippen molar-refractivity contribution in [2.45, 2.75) is 5.00 Å². The highest BCUT2D eigenvalue weighted by Crippen LogP contribution is 2.21. The van der Waals surface area contributed by atoms with Crippen molar-refractivity contribution in [1.82, 2.24) is 0 Å². The second kappa shape index (κ2) is 2.79. The molecule has 0 fully saturated rings. The van der Waals surface area contributed by atoms with E-state index in [1.807, 2.05) is 0 Å². The van der Waals surface area contributed by atoms with Gasteiger partial charge >= 0.3 is 5.00 Å². The van der Waals surface area contributed by atoms with E-state index in [1.54, 1.807) is 0 Å². The molecule has 4 nitrogen and oxygen atoms in total. The molecule has 1 rings (SSSR count). The number of dihydropyridines is 1. The summed E-state index contributed by atoms with van der Waals surface area (Å²) in [5, 5.41) is 10.5. The van der Waals surface area contributed by atoms with Crippen LogP contribution in [0.5, 0.6) is 0 Å². The molecule has 0 saturated carbocycles. The Kier molecular flexibility index (Phi) is 2.15. The lowest BCUT2D eigenvalue weighted by Gasteiger charge is -2.13. The third-order valence-electron chi connectivity index (χ3n) is 1.23. The molecular formula is C5H4Cl2N2O2. The summed E-state index contributed by atoms with van der Waals surface area (Å²) in [6, 6.07) is 0. The first-order valence-electron chi connectivity index (χ1n) is 2.77. The fraction of sp³-hybridized carbons (Fsp3) is 0.400. The molecule has 60 valence electrons. The summed E-state index contributed by atoms with van der Waals surface area (Å²) in [5.41, 5.74) is 0. The minimum atomic E-state index is -1.60. The molecule has 0 amide bonds. The first-order chi connectivity index (χ1) is 5.04. The van der Waals surface area contributed by atoms with Crippen LogP contribution in [-0.4, -0.2) is 21.6 Å². The maximum Gasteiger partial charge on any atom is 0.333 e. The molecule has 11 heavy (non-hydrogen) atoms. The summed E-state index contributed by atoms with van der Waals surface area (Å²) < 4.78 is 0. The van der Waals surface area contributed by atoms with Crippen LogP contribution in [0, 0.1) is 10.1 Å². The zero-order chi connectivity index (χ0) is 8.48. The van der Waals surface area contributed by atoms with E-state index in [0.29, 0.717) is 0 Å². The number of aliphatic imine (C=N–C) groups is 1. The van der Waals surface area contributed by atoms with Gasteiger partial charge in [0, 0.05) is 11.0 Å². The van der Waals surface area contributed by atoms with E-state index in [2.05, 4.69) is 4.99 Å². The van der Waals surface area contributed by atoms with Crippen molar-refractivity contribution in [3.05, 3.63) is 22.3 Å². The van der Waals surface area contributed by atoms with Crippen LogP contribution in [0.1, 0.15) is 0 Å². The minimum Gasteiger partial charge on any atom is -0.264 e. The smallest absolute Gasteiger partial charge is 0.264 e. The zero-order valence-electron chi connectivity index (χ0n) is 5.33. The van der Waals surface area contributed by atoms with Crippen molar-refractivity contribution >= 4 is 28.4 Å². The Morgan fingerprint density at radius 1 is 1.82 bits per heavy atom. The van der Waals surface area contributed by atoms with Gasteiger partial charge < -0.3 is 0 Å². The Morgan fingerprint density at radius 2 is 2.45 bits per heavy atom. The first kappa shape index (κ1) is 8.49. The van der Waals surface area contributed by atoms with E-state index in [9.17, 15) is 10.1 Å². The zero-order valence-corrected chi connectivity index (χ0v) is 6.84. The van der Waals surface area contributed by atoms with Crippen molar-refractivity contribution in [3.8, 4) is 0 Å². The third kappa shape index (κ3) is 1.70. The highest BCUT2D eigenvalue weighted by atomic mass is 35.5. The number of rotatable bonds is 1. The number of hydrogen-bond donors (Lipinski definition) is 0. The molecule has 0 radical (unpaired) electrons. The summed E-state index contributed by atoms with van der Waals surface area (Å²) in [6.07, 6.45) is 2.55. The lowest BCUT2D eigenvalue weighted by molar-refractivity contribution is -0.524. The van der Waals surface area contributed by atoms with Crippen molar-refractivity contribution in [1.29, 1.82) is 0 Å². The lowest BCUT2D eigenvalue weighted by atomic mass is 10.2. The van der Waals surface area contributed by atoms with Crippen LogP contribution < -0.4 is 0 Å². The summed E-state index contributed by atoms with van der Waals surface area (Å²) in [6.45, 7) is -0.114. The van der Waals surface area contributed by atoms with Gasteiger partial charge in [0.2, 0.25) is 0 Å². The molecule has 1 unspecified atom stereocenters. The van der Waals surface area contributed by atoms with Gasteiger partial charge in [0.25, 0.3) is 0 Å². The quantitative estimate of drug-likeness (QED) is 0.275. The Bertz CT molecular complexity index is 251. The molecule has 0 bridgehead atoms. The van der Waals surface area contributed by atoms with Gasteiger partial charge in [0.05, 0.1) is 0 Å². The van der Waals surface area contributed by atoms with Gasteiger partial charge in [-0.05, 0) is 17.7 Å². The minimum absolute atomic E-state index is 0.114. The fourth-order valence-corrected chi connectivity index (χ4v) is 0.852. The van der Waals surface area contributed by atoms with Gasteiger partial charge in [-0.1, -0.05) is 11.6 Å². The number of hydrogen-bond acceptors (Lipinski definition) is 3. The number of nitro groups is 1. The van der Waals surface area contributed by atoms with Crippen LogP contribution in [0.3, 0.4) is 0 Å². The normalized spacial score (nSPS) is 29.8. The molecule has 1 atom stereocenters. The van der Waals surface area contributed by atoms with Crippen LogP contribution in [0.4, 0.5) is 0 Å². The predicted molar refractivity (Wildman–Crippen MR) is 42.9 cm³/mol. The second-order valence-corrected chi connectivity index (χ2v) is 3.09. The monoisotopic (exact) mass is 194 g/mol. The highest BCUT2D eigenvalue weighted by Gasteiger charge is 2.38. The SMILES string of the molecule is O=[N+]([O-])C1(Cl)C=CC(Cl)=NC1. The molecule has 0 aliphatic carbocycles. The lowest BCUT2D eigenvalue weighted by Crippen LogP contribution is -2.34. The maximum absolute atomic E-state index is 10.3. The van der Waals surface area contributed by atoms with E-state index in [0.717, 1.165) is 0 Å². The number of halogens is 2. The summed E-state index contributed by atoms with van der Waals surface area (Å²) in [5.74, 6) is 0. The molecule has 1 aliphatic rings. The van der Waals surface area contributed by atoms with Crippen LogP contribution in [0.2, 0.25) is 0 Å². The van der Waals surface area contributed by atoms with Crippen LogP contribution in [0.25, 0.3) is 0 Å². The van der Waals surface area contributed by atoms with Gasteiger partial charge in [-0.15, -0.1) is 0 Å². The Morgan fingerprint density at radius 3 is 2.82 bits per heavy atom. The predicted octanol–water partition coefficient (Wildman–Crippen LogP) is 1.41. The summed E-state index contributed by atoms with van der Waals surface area (Å²) >= 11 is 11.0. The van der Waals surface area contributed by atoms with Crippen molar-refractivity contribution in [3.63, 3.8) is 0 Å². The van der Waals surface area contributed by atoms with Crippen LogP contribution in [-0.2, 0) is 0 Å².